The van der Waals surface area contributed by atoms with Gasteiger partial charge in [0, 0.05) is 28.8 Å². The van der Waals surface area contributed by atoms with Crippen molar-refractivity contribution < 1.29 is 0 Å². The number of halogens is 1. The van der Waals surface area contributed by atoms with Crippen molar-refractivity contribution in [1.29, 1.82) is 0 Å². The molecule has 0 radical (unpaired) electrons. The number of likely N-dealkylation sites (N-methyl/N-ethyl adjacent to an activating group) is 1. The van der Waals surface area contributed by atoms with Crippen LogP contribution in [0.25, 0.3) is 0 Å². The Morgan fingerprint density at radius 2 is 2.00 bits per heavy atom. The molecule has 1 fully saturated rings. The predicted molar refractivity (Wildman–Crippen MR) is 84.3 cm³/mol. The first-order valence-corrected chi connectivity index (χ1v) is 8.35. The lowest BCUT2D eigenvalue weighted by molar-refractivity contribution is 0.360. The molecule has 1 heterocycles. The van der Waals surface area contributed by atoms with E-state index in [1.807, 2.05) is 6.20 Å². The van der Waals surface area contributed by atoms with Crippen molar-refractivity contribution >= 4 is 15.9 Å². The van der Waals surface area contributed by atoms with E-state index in [4.69, 9.17) is 0 Å². The van der Waals surface area contributed by atoms with Crippen LogP contribution in [0.15, 0.2) is 22.8 Å². The van der Waals surface area contributed by atoms with Gasteiger partial charge in [-0.05, 0) is 47.4 Å². The van der Waals surface area contributed by atoms with Gasteiger partial charge in [-0.3, -0.25) is 4.98 Å². The van der Waals surface area contributed by atoms with Gasteiger partial charge in [-0.2, -0.15) is 0 Å². The van der Waals surface area contributed by atoms with Crippen molar-refractivity contribution in [2.24, 2.45) is 5.92 Å². The van der Waals surface area contributed by atoms with Gasteiger partial charge in [0.2, 0.25) is 0 Å². The Morgan fingerprint density at radius 3 is 2.58 bits per heavy atom. The van der Waals surface area contributed by atoms with Crippen molar-refractivity contribution in [3.63, 3.8) is 0 Å². The molecular weight excluding hydrogens is 300 g/mol. The second kappa shape index (κ2) is 8.01. The van der Waals surface area contributed by atoms with Crippen LogP contribution in [0.2, 0.25) is 0 Å². The van der Waals surface area contributed by atoms with Gasteiger partial charge < -0.3 is 5.32 Å². The molecule has 106 valence electrons. The Labute approximate surface area is 125 Å². The smallest absolute Gasteiger partial charge is 0.0419 e. The van der Waals surface area contributed by atoms with E-state index in [1.165, 1.54) is 50.6 Å². The molecule has 1 aromatic heterocycles. The minimum atomic E-state index is 0.566. The van der Waals surface area contributed by atoms with E-state index in [2.05, 4.69) is 45.4 Å². The van der Waals surface area contributed by atoms with Gasteiger partial charge in [0.05, 0.1) is 0 Å². The highest BCUT2D eigenvalue weighted by atomic mass is 79.9. The van der Waals surface area contributed by atoms with E-state index < -0.39 is 0 Å². The third kappa shape index (κ3) is 5.23. The Bertz CT molecular complexity index is 356. The molecular formula is C16H25BrN2. The maximum atomic E-state index is 4.49. The Balaban J connectivity index is 1.86. The summed E-state index contributed by atoms with van der Waals surface area (Å²) in [5.41, 5.74) is 1.19. The van der Waals surface area contributed by atoms with E-state index in [0.29, 0.717) is 6.04 Å². The standard InChI is InChI=1S/C16H25BrN2/c1-18-16(10-13-6-4-2-3-5-7-13)11-15-9-8-14(17)12-19-15/h8-9,12-13,16,18H,2-7,10-11H2,1H3. The fourth-order valence-corrected chi connectivity index (χ4v) is 3.32. The highest BCUT2D eigenvalue weighted by Gasteiger charge is 2.17. The third-order valence-electron chi connectivity index (χ3n) is 4.25. The van der Waals surface area contributed by atoms with Crippen molar-refractivity contribution in [3.05, 3.63) is 28.5 Å². The number of hydrogen-bond donors (Lipinski definition) is 1. The molecule has 2 nitrogen and oxygen atoms in total. The SMILES string of the molecule is CNC(Cc1ccc(Br)cn1)CC1CCCCCC1. The summed E-state index contributed by atoms with van der Waals surface area (Å²) >= 11 is 3.44. The quantitative estimate of drug-likeness (QED) is 0.815. The maximum Gasteiger partial charge on any atom is 0.0419 e. The van der Waals surface area contributed by atoms with Crippen LogP contribution >= 0.6 is 15.9 Å². The molecule has 19 heavy (non-hydrogen) atoms. The average molecular weight is 325 g/mol. The molecule has 0 saturated heterocycles. The highest BCUT2D eigenvalue weighted by Crippen LogP contribution is 2.27. The van der Waals surface area contributed by atoms with Crippen molar-refractivity contribution in [2.75, 3.05) is 7.05 Å². The monoisotopic (exact) mass is 324 g/mol. The van der Waals surface area contributed by atoms with Gasteiger partial charge in [-0.15, -0.1) is 0 Å². The van der Waals surface area contributed by atoms with Crippen LogP contribution in [0.5, 0.6) is 0 Å². The molecule has 1 aliphatic rings. The molecule has 1 saturated carbocycles. The van der Waals surface area contributed by atoms with Crippen LogP contribution in [-0.2, 0) is 6.42 Å². The molecule has 1 aliphatic carbocycles. The van der Waals surface area contributed by atoms with Crippen LogP contribution in [0, 0.1) is 5.92 Å². The number of aromatic nitrogens is 1. The fourth-order valence-electron chi connectivity index (χ4n) is 3.08. The fraction of sp³-hybridized carbons (Fsp3) is 0.688. The molecule has 3 heteroatoms. The summed E-state index contributed by atoms with van der Waals surface area (Å²) in [6, 6.07) is 4.78. The van der Waals surface area contributed by atoms with E-state index in [-0.39, 0.29) is 0 Å². The lowest BCUT2D eigenvalue weighted by Crippen LogP contribution is -2.30. The molecule has 1 N–H and O–H groups in total. The topological polar surface area (TPSA) is 24.9 Å². The van der Waals surface area contributed by atoms with E-state index in [1.54, 1.807) is 0 Å². The van der Waals surface area contributed by atoms with E-state index in [9.17, 15) is 0 Å². The molecule has 1 unspecified atom stereocenters. The first-order chi connectivity index (χ1) is 9.28. The van der Waals surface area contributed by atoms with Gasteiger partial charge in [0.25, 0.3) is 0 Å². The minimum absolute atomic E-state index is 0.566. The van der Waals surface area contributed by atoms with Crippen LogP contribution in [0.4, 0.5) is 0 Å². The normalized spacial score (nSPS) is 19.1. The minimum Gasteiger partial charge on any atom is -0.317 e. The van der Waals surface area contributed by atoms with Crippen molar-refractivity contribution in [1.82, 2.24) is 10.3 Å². The van der Waals surface area contributed by atoms with Crippen molar-refractivity contribution in [2.45, 2.75) is 57.4 Å². The maximum absolute atomic E-state index is 4.49. The highest BCUT2D eigenvalue weighted by molar-refractivity contribution is 9.10. The molecule has 1 atom stereocenters. The molecule has 0 spiro atoms. The summed E-state index contributed by atoms with van der Waals surface area (Å²) in [6.07, 6.45) is 12.8. The van der Waals surface area contributed by atoms with Crippen LogP contribution in [0.3, 0.4) is 0 Å². The van der Waals surface area contributed by atoms with E-state index >= 15 is 0 Å². The second-order valence-corrected chi connectivity index (χ2v) is 6.67. The van der Waals surface area contributed by atoms with Gasteiger partial charge in [-0.1, -0.05) is 38.5 Å². The summed E-state index contributed by atoms with van der Waals surface area (Å²) in [5, 5.41) is 3.48. The second-order valence-electron chi connectivity index (χ2n) is 5.75. The summed E-state index contributed by atoms with van der Waals surface area (Å²) in [4.78, 5) is 4.49. The zero-order chi connectivity index (χ0) is 13.5. The van der Waals surface area contributed by atoms with Gasteiger partial charge in [0.1, 0.15) is 0 Å². The van der Waals surface area contributed by atoms with Gasteiger partial charge in [0.15, 0.2) is 0 Å². The summed E-state index contributed by atoms with van der Waals surface area (Å²) in [7, 11) is 2.08. The van der Waals surface area contributed by atoms with Crippen LogP contribution in [0.1, 0.15) is 50.6 Å². The number of pyridine rings is 1. The molecule has 2 rings (SSSR count). The van der Waals surface area contributed by atoms with Crippen LogP contribution < -0.4 is 5.32 Å². The average Bonchev–Trinajstić information content (AvgIpc) is 2.69. The molecule has 0 bridgehead atoms. The Kier molecular flexibility index (Phi) is 6.32. The summed E-state index contributed by atoms with van der Waals surface area (Å²) in [5.74, 6) is 0.912. The predicted octanol–water partition coefficient (Wildman–Crippen LogP) is 4.34. The number of nitrogens with zero attached hydrogens (tertiary/aromatic N) is 1. The van der Waals surface area contributed by atoms with Gasteiger partial charge >= 0.3 is 0 Å². The first-order valence-electron chi connectivity index (χ1n) is 7.55. The van der Waals surface area contributed by atoms with Crippen LogP contribution in [-0.4, -0.2) is 18.1 Å². The zero-order valence-electron chi connectivity index (χ0n) is 11.9. The van der Waals surface area contributed by atoms with E-state index in [0.717, 1.165) is 16.8 Å². The third-order valence-corrected chi connectivity index (χ3v) is 4.71. The Morgan fingerprint density at radius 1 is 1.26 bits per heavy atom. The Hall–Kier alpha value is -0.410. The molecule has 1 aromatic rings. The van der Waals surface area contributed by atoms with Crippen molar-refractivity contribution in [3.8, 4) is 0 Å². The number of rotatable bonds is 5. The largest absolute Gasteiger partial charge is 0.317 e. The molecule has 0 amide bonds. The molecule has 0 aliphatic heterocycles. The lowest BCUT2D eigenvalue weighted by atomic mass is 9.91. The first kappa shape index (κ1) is 15.0. The number of nitrogens with one attached hydrogen (secondary N) is 1. The summed E-state index contributed by atoms with van der Waals surface area (Å²) < 4.78 is 1.06. The molecule has 0 aromatic carbocycles. The lowest BCUT2D eigenvalue weighted by Gasteiger charge is -2.22. The summed E-state index contributed by atoms with van der Waals surface area (Å²) in [6.45, 7) is 0. The van der Waals surface area contributed by atoms with Gasteiger partial charge in [-0.25, -0.2) is 0 Å². The number of hydrogen-bond acceptors (Lipinski definition) is 2. The zero-order valence-corrected chi connectivity index (χ0v) is 13.5.